The van der Waals surface area contributed by atoms with Gasteiger partial charge in [-0.25, -0.2) is 4.21 Å². The molecule has 0 saturated heterocycles. The van der Waals surface area contributed by atoms with Gasteiger partial charge < -0.3 is 9.30 Å². The highest BCUT2D eigenvalue weighted by molar-refractivity contribution is 7.85. The van der Waals surface area contributed by atoms with Crippen molar-refractivity contribution in [3.05, 3.63) is 107 Å². The maximum Gasteiger partial charge on any atom is 0.144 e. The highest BCUT2D eigenvalue weighted by Gasteiger charge is 2.20. The van der Waals surface area contributed by atoms with Crippen LogP contribution in [0.2, 0.25) is 0 Å². The van der Waals surface area contributed by atoms with E-state index in [4.69, 9.17) is 4.74 Å². The third-order valence-electron chi connectivity index (χ3n) is 5.71. The van der Waals surface area contributed by atoms with Gasteiger partial charge in [0.2, 0.25) is 0 Å². The molecule has 0 saturated carbocycles. The van der Waals surface area contributed by atoms with Gasteiger partial charge in [0.05, 0.1) is 29.9 Å². The lowest BCUT2D eigenvalue weighted by atomic mass is 10.1. The fourth-order valence-electron chi connectivity index (χ4n) is 3.94. The molecule has 1 aromatic heterocycles. The second kappa shape index (κ2) is 10.9. The molecule has 4 rings (SSSR count). The Kier molecular flexibility index (Phi) is 7.76. The van der Waals surface area contributed by atoms with Crippen LogP contribution in [0.3, 0.4) is 0 Å². The first-order valence-electron chi connectivity index (χ1n) is 11.7. The molecule has 3 aromatic carbocycles. The molecule has 0 aliphatic heterocycles. The van der Waals surface area contributed by atoms with Crippen molar-refractivity contribution in [2.75, 3.05) is 6.61 Å². The molecule has 0 spiro atoms. The Morgan fingerprint density at radius 1 is 0.882 bits per heavy atom. The van der Waals surface area contributed by atoms with Crippen molar-refractivity contribution in [1.29, 1.82) is 0 Å². The van der Waals surface area contributed by atoms with E-state index in [1.807, 2.05) is 45.0 Å². The van der Waals surface area contributed by atoms with Crippen LogP contribution in [0.25, 0.3) is 10.9 Å². The van der Waals surface area contributed by atoms with Crippen molar-refractivity contribution >= 4 is 28.1 Å². The number of fused-ring (bicyclic) bond motifs is 1. The summed E-state index contributed by atoms with van der Waals surface area (Å²) in [7, 11) is -1.33. The van der Waals surface area contributed by atoms with E-state index < -0.39 is 15.7 Å². The predicted octanol–water partition coefficient (Wildman–Crippen LogP) is 6.33. The molecule has 5 heteroatoms. The normalized spacial score (nSPS) is 13.0. The third-order valence-corrected chi connectivity index (χ3v) is 7.05. The predicted molar refractivity (Wildman–Crippen MR) is 143 cm³/mol. The number of rotatable bonds is 9. The van der Waals surface area contributed by atoms with Crippen molar-refractivity contribution in [1.82, 2.24) is 4.57 Å². The molecule has 4 nitrogen and oxygen atoms in total. The fourth-order valence-corrected chi connectivity index (χ4v) is 4.45. The number of aromatic nitrogens is 1. The van der Waals surface area contributed by atoms with Gasteiger partial charge in [-0.2, -0.15) is 4.40 Å². The van der Waals surface area contributed by atoms with Crippen LogP contribution in [0.5, 0.6) is 0 Å². The second-order valence-corrected chi connectivity index (χ2v) is 11.3. The second-order valence-electron chi connectivity index (χ2n) is 9.34. The quantitative estimate of drug-likeness (QED) is 0.211. The third kappa shape index (κ3) is 5.91. The van der Waals surface area contributed by atoms with Gasteiger partial charge in [0.1, 0.15) is 11.0 Å². The number of nitrogens with zero attached hydrogens (tertiary/aromatic N) is 2. The van der Waals surface area contributed by atoms with Crippen LogP contribution in [0, 0.1) is 0 Å². The Morgan fingerprint density at radius 3 is 2.18 bits per heavy atom. The molecule has 0 aliphatic carbocycles. The van der Waals surface area contributed by atoms with Crippen LogP contribution in [0.1, 0.15) is 43.2 Å². The minimum atomic E-state index is -1.33. The average Bonchev–Trinajstić information content (AvgIpc) is 3.13. The molecular formula is C29H32N2O2S. The summed E-state index contributed by atoms with van der Waals surface area (Å²) in [5.41, 5.74) is 5.69. The van der Waals surface area contributed by atoms with Crippen molar-refractivity contribution in [2.45, 2.75) is 45.1 Å². The van der Waals surface area contributed by atoms with E-state index in [0.717, 1.165) is 29.7 Å². The Labute approximate surface area is 204 Å². The largest absolute Gasteiger partial charge is 0.376 e. The van der Waals surface area contributed by atoms with Crippen LogP contribution >= 0.6 is 0 Å². The van der Waals surface area contributed by atoms with Gasteiger partial charge in [-0.1, -0.05) is 78.9 Å². The topological polar surface area (TPSA) is 43.6 Å². The zero-order valence-corrected chi connectivity index (χ0v) is 20.9. The first kappa shape index (κ1) is 24.1. The zero-order valence-electron chi connectivity index (χ0n) is 20.1. The molecular weight excluding hydrogens is 440 g/mol. The average molecular weight is 473 g/mol. The van der Waals surface area contributed by atoms with Crippen LogP contribution < -0.4 is 0 Å². The minimum absolute atomic E-state index is 0.411. The van der Waals surface area contributed by atoms with Gasteiger partial charge in [0.25, 0.3) is 0 Å². The molecule has 0 aliphatic rings. The molecule has 0 bridgehead atoms. The number of ether oxygens (including phenoxy) is 1. The molecule has 0 fully saturated rings. The van der Waals surface area contributed by atoms with Gasteiger partial charge in [-0.05, 0) is 49.9 Å². The summed E-state index contributed by atoms with van der Waals surface area (Å²) >= 11 is 0. The maximum atomic E-state index is 12.7. The highest BCUT2D eigenvalue weighted by Crippen LogP contribution is 2.28. The molecule has 0 unspecified atom stereocenters. The number of para-hydroxylation sites is 1. The molecule has 0 N–H and O–H groups in total. The molecule has 0 radical (unpaired) electrons. The summed E-state index contributed by atoms with van der Waals surface area (Å²) in [5.74, 6) is 0. The SMILES string of the molecule is CC(C)(C)[S@](=O)/N=C/c1c(CCOCc2ccccc2)c2ccccc2n1Cc1ccccc1. The number of benzene rings is 3. The number of hydrogen-bond acceptors (Lipinski definition) is 2. The number of hydrogen-bond donors (Lipinski definition) is 0. The van der Waals surface area contributed by atoms with Crippen LogP contribution in [-0.4, -0.2) is 26.3 Å². The smallest absolute Gasteiger partial charge is 0.144 e. The molecule has 176 valence electrons. The summed E-state index contributed by atoms with van der Waals surface area (Å²) in [6, 6.07) is 29.1. The molecule has 34 heavy (non-hydrogen) atoms. The van der Waals surface area contributed by atoms with Gasteiger partial charge in [-0.15, -0.1) is 0 Å². The van der Waals surface area contributed by atoms with Crippen molar-refractivity contribution in [2.24, 2.45) is 4.40 Å². The zero-order chi connectivity index (χ0) is 24.0. The van der Waals surface area contributed by atoms with Gasteiger partial charge in [-0.3, -0.25) is 0 Å². The molecule has 1 atom stereocenters. The summed E-state index contributed by atoms with van der Waals surface area (Å²) in [5, 5.41) is 1.18. The van der Waals surface area contributed by atoms with E-state index >= 15 is 0 Å². The monoisotopic (exact) mass is 472 g/mol. The van der Waals surface area contributed by atoms with Crippen molar-refractivity contribution in [3.63, 3.8) is 0 Å². The summed E-state index contributed by atoms with van der Waals surface area (Å²) < 4.78 is 25.1. The summed E-state index contributed by atoms with van der Waals surface area (Å²) in [6.07, 6.45) is 2.55. The van der Waals surface area contributed by atoms with Gasteiger partial charge >= 0.3 is 0 Å². The lowest BCUT2D eigenvalue weighted by Gasteiger charge is -2.14. The van der Waals surface area contributed by atoms with E-state index in [0.29, 0.717) is 13.2 Å². The van der Waals surface area contributed by atoms with E-state index in [9.17, 15) is 4.21 Å². The van der Waals surface area contributed by atoms with Gasteiger partial charge in [0.15, 0.2) is 0 Å². The Balaban J connectivity index is 1.68. The molecule has 4 aromatic rings. The lowest BCUT2D eigenvalue weighted by Crippen LogP contribution is -2.20. The van der Waals surface area contributed by atoms with Crippen molar-refractivity contribution in [3.8, 4) is 0 Å². The minimum Gasteiger partial charge on any atom is -0.376 e. The Bertz CT molecular complexity index is 1270. The summed E-state index contributed by atoms with van der Waals surface area (Å²) in [4.78, 5) is 0. The van der Waals surface area contributed by atoms with E-state index in [1.54, 1.807) is 6.21 Å². The van der Waals surface area contributed by atoms with E-state index in [2.05, 4.69) is 69.6 Å². The Morgan fingerprint density at radius 2 is 1.50 bits per heavy atom. The highest BCUT2D eigenvalue weighted by atomic mass is 32.2. The summed E-state index contributed by atoms with van der Waals surface area (Å²) in [6.45, 7) is 7.73. The first-order valence-corrected chi connectivity index (χ1v) is 12.8. The van der Waals surface area contributed by atoms with Crippen LogP contribution in [0.15, 0.2) is 89.3 Å². The standard InChI is InChI=1S/C29H32N2O2S/c1-29(2,3)34(32)30-20-28-26(18-19-33-22-24-14-8-5-9-15-24)25-16-10-11-17-27(25)31(28)21-23-12-6-4-7-13-23/h4-17,20H,18-19,21-22H2,1-3H3/b30-20+/t34-/m0/s1. The fraction of sp³-hybridized carbons (Fsp3) is 0.276. The van der Waals surface area contributed by atoms with E-state index in [1.165, 1.54) is 16.5 Å². The van der Waals surface area contributed by atoms with E-state index in [-0.39, 0.29) is 0 Å². The lowest BCUT2D eigenvalue weighted by molar-refractivity contribution is 0.124. The molecule has 0 amide bonds. The molecule has 1 heterocycles. The van der Waals surface area contributed by atoms with Gasteiger partial charge in [0, 0.05) is 17.4 Å². The van der Waals surface area contributed by atoms with Crippen molar-refractivity contribution < 1.29 is 8.95 Å². The van der Waals surface area contributed by atoms with Crippen LogP contribution in [0.4, 0.5) is 0 Å². The first-order chi connectivity index (χ1) is 16.4. The Hall–Kier alpha value is -3.02. The maximum absolute atomic E-state index is 12.7. The van der Waals surface area contributed by atoms with Crippen LogP contribution in [-0.2, 0) is 35.3 Å².